The van der Waals surface area contributed by atoms with E-state index in [9.17, 15) is 13.6 Å². The van der Waals surface area contributed by atoms with Crippen LogP contribution in [0.3, 0.4) is 0 Å². The first-order valence-electron chi connectivity index (χ1n) is 5.01. The Hall–Kier alpha value is -1.20. The first-order chi connectivity index (χ1) is 7.58. The van der Waals surface area contributed by atoms with Crippen LogP contribution in [0.4, 0.5) is 8.78 Å². The lowest BCUT2D eigenvalue weighted by molar-refractivity contribution is -0.139. The summed E-state index contributed by atoms with van der Waals surface area (Å²) in [5.41, 5.74) is 0.324. The first kappa shape index (κ1) is 13.9. The molecule has 1 fully saturated rings. The number of carboxylic acid groups (broad SMARTS) is 1. The number of benzene rings is 1. The molecule has 0 amide bonds. The van der Waals surface area contributed by atoms with Gasteiger partial charge in [-0.25, -0.2) is 8.78 Å². The van der Waals surface area contributed by atoms with Gasteiger partial charge in [0.2, 0.25) is 0 Å². The summed E-state index contributed by atoms with van der Waals surface area (Å²) in [4.78, 5) is 10.7. The molecule has 1 aliphatic heterocycles. The van der Waals surface area contributed by atoms with Gasteiger partial charge in [-0.15, -0.1) is 12.4 Å². The van der Waals surface area contributed by atoms with Crippen molar-refractivity contribution >= 4 is 18.4 Å². The standard InChI is InChI=1S/C11H11F2NO2.ClH/c12-6-1-2-7(8(13)5-6)9-3-4-10(14-9)11(15)16;/h1-2,5,9-10,14H,3-4H2,(H,15,16);1H. The maximum absolute atomic E-state index is 13.4. The van der Waals surface area contributed by atoms with Crippen LogP contribution in [0.15, 0.2) is 18.2 Å². The van der Waals surface area contributed by atoms with E-state index in [1.807, 2.05) is 0 Å². The summed E-state index contributed by atoms with van der Waals surface area (Å²) >= 11 is 0. The van der Waals surface area contributed by atoms with Crippen molar-refractivity contribution in [2.45, 2.75) is 24.9 Å². The Balaban J connectivity index is 0.00000144. The van der Waals surface area contributed by atoms with Gasteiger partial charge in [-0.3, -0.25) is 10.1 Å². The van der Waals surface area contributed by atoms with E-state index >= 15 is 0 Å². The van der Waals surface area contributed by atoms with Crippen molar-refractivity contribution in [3.63, 3.8) is 0 Å². The zero-order valence-corrected chi connectivity index (χ0v) is 9.64. The molecule has 3 nitrogen and oxygen atoms in total. The second-order valence-electron chi connectivity index (χ2n) is 3.85. The lowest BCUT2D eigenvalue weighted by Gasteiger charge is -2.13. The van der Waals surface area contributed by atoms with Crippen LogP contribution in [0, 0.1) is 11.6 Å². The number of hydrogen-bond acceptors (Lipinski definition) is 2. The second-order valence-corrected chi connectivity index (χ2v) is 3.85. The molecule has 0 aliphatic carbocycles. The van der Waals surface area contributed by atoms with Gasteiger partial charge in [-0.1, -0.05) is 6.07 Å². The fourth-order valence-electron chi connectivity index (χ4n) is 1.97. The number of rotatable bonds is 2. The average molecular weight is 264 g/mol. The minimum atomic E-state index is -0.940. The van der Waals surface area contributed by atoms with Crippen molar-refractivity contribution in [3.05, 3.63) is 35.4 Å². The smallest absolute Gasteiger partial charge is 0.320 e. The SMILES string of the molecule is Cl.O=C(O)C1CCC(c2ccc(F)cc2F)N1. The number of carboxylic acids is 1. The van der Waals surface area contributed by atoms with Crippen LogP contribution in [0.1, 0.15) is 24.4 Å². The van der Waals surface area contributed by atoms with E-state index in [1.54, 1.807) is 0 Å². The van der Waals surface area contributed by atoms with Gasteiger partial charge in [0.05, 0.1) is 0 Å². The van der Waals surface area contributed by atoms with Gasteiger partial charge < -0.3 is 5.11 Å². The fourth-order valence-corrected chi connectivity index (χ4v) is 1.97. The fraction of sp³-hybridized carbons (Fsp3) is 0.364. The molecule has 0 spiro atoms. The number of carbonyl (C=O) groups is 1. The third-order valence-electron chi connectivity index (χ3n) is 2.78. The third-order valence-corrected chi connectivity index (χ3v) is 2.78. The zero-order valence-electron chi connectivity index (χ0n) is 8.82. The Morgan fingerprint density at radius 3 is 2.59 bits per heavy atom. The highest BCUT2D eigenvalue weighted by atomic mass is 35.5. The topological polar surface area (TPSA) is 49.3 Å². The van der Waals surface area contributed by atoms with Gasteiger partial charge in [0.1, 0.15) is 17.7 Å². The summed E-state index contributed by atoms with van der Waals surface area (Å²) in [5, 5.41) is 11.6. The van der Waals surface area contributed by atoms with Crippen molar-refractivity contribution in [1.29, 1.82) is 0 Å². The molecule has 1 aliphatic rings. The minimum Gasteiger partial charge on any atom is -0.480 e. The monoisotopic (exact) mass is 263 g/mol. The predicted octanol–water partition coefficient (Wildman–Crippen LogP) is 2.26. The van der Waals surface area contributed by atoms with Gasteiger partial charge in [0.25, 0.3) is 0 Å². The summed E-state index contributed by atoms with van der Waals surface area (Å²) in [7, 11) is 0. The van der Waals surface area contributed by atoms with Gasteiger partial charge in [0.15, 0.2) is 0 Å². The maximum atomic E-state index is 13.4. The van der Waals surface area contributed by atoms with Gasteiger partial charge in [-0.2, -0.15) is 0 Å². The van der Waals surface area contributed by atoms with Crippen LogP contribution in [-0.4, -0.2) is 17.1 Å². The number of nitrogens with one attached hydrogen (secondary N) is 1. The van der Waals surface area contributed by atoms with E-state index in [0.717, 1.165) is 6.07 Å². The average Bonchev–Trinajstić information content (AvgIpc) is 2.66. The van der Waals surface area contributed by atoms with Crippen LogP contribution in [0.25, 0.3) is 0 Å². The van der Waals surface area contributed by atoms with Crippen molar-refractivity contribution in [1.82, 2.24) is 5.32 Å². The number of aliphatic carboxylic acids is 1. The normalized spacial score (nSPS) is 23.2. The molecule has 6 heteroatoms. The molecule has 1 saturated heterocycles. The second kappa shape index (κ2) is 5.42. The lowest BCUT2D eigenvalue weighted by atomic mass is 10.0. The lowest BCUT2D eigenvalue weighted by Crippen LogP contribution is -2.32. The molecule has 1 aromatic rings. The Kier molecular flexibility index (Phi) is 4.42. The van der Waals surface area contributed by atoms with Crippen molar-refractivity contribution in [2.24, 2.45) is 0 Å². The van der Waals surface area contributed by atoms with Crippen molar-refractivity contribution < 1.29 is 18.7 Å². The maximum Gasteiger partial charge on any atom is 0.320 e. The van der Waals surface area contributed by atoms with Gasteiger partial charge in [0, 0.05) is 17.7 Å². The molecule has 1 heterocycles. The van der Waals surface area contributed by atoms with E-state index in [-0.39, 0.29) is 18.4 Å². The quantitative estimate of drug-likeness (QED) is 0.861. The Morgan fingerprint density at radius 2 is 2.06 bits per heavy atom. The van der Waals surface area contributed by atoms with E-state index in [0.29, 0.717) is 18.4 Å². The highest BCUT2D eigenvalue weighted by molar-refractivity contribution is 5.85. The van der Waals surface area contributed by atoms with E-state index in [1.165, 1.54) is 12.1 Å². The van der Waals surface area contributed by atoms with Crippen LogP contribution in [0.5, 0.6) is 0 Å². The summed E-state index contributed by atoms with van der Waals surface area (Å²) in [6, 6.07) is 2.35. The molecule has 94 valence electrons. The Labute approximate surface area is 103 Å². The van der Waals surface area contributed by atoms with Crippen LogP contribution in [-0.2, 0) is 4.79 Å². The molecule has 2 rings (SSSR count). The van der Waals surface area contributed by atoms with Gasteiger partial charge in [-0.05, 0) is 18.9 Å². The molecule has 0 radical (unpaired) electrons. The van der Waals surface area contributed by atoms with Crippen LogP contribution >= 0.6 is 12.4 Å². The summed E-state index contributed by atoms with van der Waals surface area (Å²) in [6.07, 6.45) is 0.996. The summed E-state index contributed by atoms with van der Waals surface area (Å²) < 4.78 is 26.1. The molecule has 17 heavy (non-hydrogen) atoms. The first-order valence-corrected chi connectivity index (χ1v) is 5.01. The number of halogens is 3. The molecule has 2 atom stereocenters. The summed E-state index contributed by atoms with van der Waals surface area (Å²) in [5.74, 6) is -2.21. The van der Waals surface area contributed by atoms with Crippen LogP contribution in [0.2, 0.25) is 0 Å². The predicted molar refractivity (Wildman–Crippen MR) is 60.1 cm³/mol. The van der Waals surface area contributed by atoms with Gasteiger partial charge >= 0.3 is 5.97 Å². The van der Waals surface area contributed by atoms with Crippen molar-refractivity contribution in [2.75, 3.05) is 0 Å². The molecule has 0 aromatic heterocycles. The largest absolute Gasteiger partial charge is 0.480 e. The molecule has 2 unspecified atom stereocenters. The minimum absolute atomic E-state index is 0. The Morgan fingerprint density at radius 1 is 1.35 bits per heavy atom. The number of hydrogen-bond donors (Lipinski definition) is 2. The highest BCUT2D eigenvalue weighted by Crippen LogP contribution is 2.28. The molecular weight excluding hydrogens is 252 g/mol. The molecule has 0 bridgehead atoms. The van der Waals surface area contributed by atoms with E-state index in [2.05, 4.69) is 5.32 Å². The molecule has 1 aromatic carbocycles. The molecular formula is C11H12ClF2NO2. The molecule has 2 N–H and O–H groups in total. The van der Waals surface area contributed by atoms with E-state index < -0.39 is 23.6 Å². The molecule has 0 saturated carbocycles. The summed E-state index contributed by atoms with van der Waals surface area (Å²) in [6.45, 7) is 0. The Bertz CT molecular complexity index is 428. The zero-order chi connectivity index (χ0) is 11.7. The highest BCUT2D eigenvalue weighted by Gasteiger charge is 2.30. The van der Waals surface area contributed by atoms with E-state index in [4.69, 9.17) is 5.11 Å². The van der Waals surface area contributed by atoms with Crippen LogP contribution < -0.4 is 5.32 Å². The van der Waals surface area contributed by atoms with Crippen molar-refractivity contribution in [3.8, 4) is 0 Å². The third kappa shape index (κ3) is 2.92.